The number of likely N-dealkylation sites (N-methyl/N-ethyl adjacent to an activating group) is 2. The minimum absolute atomic E-state index is 0. The van der Waals surface area contributed by atoms with Gasteiger partial charge in [-0.2, -0.15) is 13.5 Å². The summed E-state index contributed by atoms with van der Waals surface area (Å²) < 4.78 is 0. The lowest BCUT2D eigenvalue weighted by Crippen LogP contribution is -2.36. The first-order valence-electron chi connectivity index (χ1n) is 5.62. The second-order valence-electron chi connectivity index (χ2n) is 3.66. The lowest BCUT2D eigenvalue weighted by atomic mass is 10.2. The maximum absolute atomic E-state index is 2.49. The number of nitrogens with zero attached hydrogens (tertiary/aromatic N) is 2. The zero-order valence-corrected chi connectivity index (χ0v) is 11.5. The lowest BCUT2D eigenvalue weighted by Gasteiger charge is -2.25. The fourth-order valence-corrected chi connectivity index (χ4v) is 1.80. The molecule has 0 unspecified atom stereocenters. The molecule has 1 heterocycles. The molecule has 0 saturated carbocycles. The minimum Gasteiger partial charge on any atom is -0.305 e. The van der Waals surface area contributed by atoms with Crippen molar-refractivity contribution < 1.29 is 0 Å². The van der Waals surface area contributed by atoms with Gasteiger partial charge in [-0.05, 0) is 40.0 Å². The Morgan fingerprint density at radius 2 is 1.71 bits per heavy atom. The van der Waals surface area contributed by atoms with Crippen LogP contribution in [0.4, 0.5) is 0 Å². The third-order valence-electron chi connectivity index (χ3n) is 2.67. The van der Waals surface area contributed by atoms with Crippen LogP contribution in [0.25, 0.3) is 0 Å². The first-order valence-corrected chi connectivity index (χ1v) is 5.62. The van der Waals surface area contributed by atoms with Gasteiger partial charge in [-0.25, -0.2) is 0 Å². The van der Waals surface area contributed by atoms with E-state index in [1.54, 1.807) is 0 Å². The summed E-state index contributed by atoms with van der Waals surface area (Å²) >= 11 is 0. The molecule has 1 aliphatic heterocycles. The summed E-state index contributed by atoms with van der Waals surface area (Å²) in [5.41, 5.74) is 0. The van der Waals surface area contributed by atoms with Crippen molar-refractivity contribution in [2.45, 2.75) is 39.7 Å². The summed E-state index contributed by atoms with van der Waals surface area (Å²) in [7, 11) is 4.47. The largest absolute Gasteiger partial charge is 0.305 e. The number of hydrogen-bond donors (Lipinski definition) is 0. The molecule has 1 saturated heterocycles. The molecule has 14 heavy (non-hydrogen) atoms. The van der Waals surface area contributed by atoms with Crippen LogP contribution in [0.2, 0.25) is 0 Å². The molecule has 0 aromatic carbocycles. The summed E-state index contributed by atoms with van der Waals surface area (Å²) in [6.45, 7) is 10.1. The molecule has 3 heteroatoms. The van der Waals surface area contributed by atoms with Crippen LogP contribution < -0.4 is 0 Å². The van der Waals surface area contributed by atoms with Gasteiger partial charge in [0, 0.05) is 12.6 Å². The minimum atomic E-state index is 0. The molecule has 0 aromatic heterocycles. The van der Waals surface area contributed by atoms with E-state index >= 15 is 0 Å². The van der Waals surface area contributed by atoms with Gasteiger partial charge in [0.2, 0.25) is 0 Å². The average Bonchev–Trinajstić information content (AvgIpc) is 2.31. The molecule has 0 amide bonds. The van der Waals surface area contributed by atoms with Crippen LogP contribution in [0.15, 0.2) is 0 Å². The van der Waals surface area contributed by atoms with Gasteiger partial charge in [-0.1, -0.05) is 20.8 Å². The normalized spacial score (nSPS) is 24.2. The zero-order chi connectivity index (χ0) is 10.3. The molecular formula is C11H28N2S. The van der Waals surface area contributed by atoms with Crippen LogP contribution in [0.5, 0.6) is 0 Å². The first-order chi connectivity index (χ1) is 6.24. The fourth-order valence-electron chi connectivity index (χ4n) is 1.80. The van der Waals surface area contributed by atoms with Crippen molar-refractivity contribution in [1.29, 1.82) is 0 Å². The van der Waals surface area contributed by atoms with Crippen LogP contribution >= 0.6 is 13.5 Å². The van der Waals surface area contributed by atoms with E-state index in [1.165, 1.54) is 32.5 Å². The van der Waals surface area contributed by atoms with Crippen molar-refractivity contribution in [1.82, 2.24) is 9.80 Å². The van der Waals surface area contributed by atoms with Crippen molar-refractivity contribution in [2.24, 2.45) is 0 Å². The lowest BCUT2D eigenvalue weighted by molar-refractivity contribution is 0.220. The molecule has 1 aliphatic rings. The number of rotatable bonds is 1. The summed E-state index contributed by atoms with van der Waals surface area (Å²) in [5, 5.41) is 0. The predicted molar refractivity (Wildman–Crippen MR) is 70.6 cm³/mol. The second kappa shape index (κ2) is 9.81. The monoisotopic (exact) mass is 220 g/mol. The molecule has 0 spiro atoms. The third kappa shape index (κ3) is 5.89. The Morgan fingerprint density at radius 3 is 2.21 bits per heavy atom. The molecule has 0 aliphatic carbocycles. The van der Waals surface area contributed by atoms with Crippen LogP contribution in [0.1, 0.15) is 33.6 Å². The third-order valence-corrected chi connectivity index (χ3v) is 2.67. The van der Waals surface area contributed by atoms with Crippen LogP contribution in [-0.4, -0.2) is 49.6 Å². The Balaban J connectivity index is 0. The average molecular weight is 220 g/mol. The number of hydrogen-bond acceptors (Lipinski definition) is 2. The molecule has 0 N–H and O–H groups in total. The highest BCUT2D eigenvalue weighted by Gasteiger charge is 2.17. The van der Waals surface area contributed by atoms with Crippen LogP contribution in [0.3, 0.4) is 0 Å². The van der Waals surface area contributed by atoms with Gasteiger partial charge < -0.3 is 9.80 Å². The summed E-state index contributed by atoms with van der Waals surface area (Å²) in [5.74, 6) is 0. The highest BCUT2D eigenvalue weighted by atomic mass is 32.1. The Morgan fingerprint density at radius 1 is 1.14 bits per heavy atom. The Bertz CT molecular complexity index is 120. The van der Waals surface area contributed by atoms with Gasteiger partial charge in [0.15, 0.2) is 0 Å². The summed E-state index contributed by atoms with van der Waals surface area (Å²) in [6, 6.07) is 0.780. The van der Waals surface area contributed by atoms with Crippen LogP contribution in [0, 0.1) is 0 Å². The van der Waals surface area contributed by atoms with Gasteiger partial charge in [0.05, 0.1) is 0 Å². The quantitative estimate of drug-likeness (QED) is 0.668. The van der Waals surface area contributed by atoms with Crippen molar-refractivity contribution in [2.75, 3.05) is 33.7 Å². The molecule has 0 aromatic rings. The van der Waals surface area contributed by atoms with Gasteiger partial charge in [-0.3, -0.25) is 0 Å². The second-order valence-corrected chi connectivity index (χ2v) is 3.66. The van der Waals surface area contributed by atoms with Gasteiger partial charge in [0.25, 0.3) is 0 Å². The Hall–Kier alpha value is 0.270. The molecule has 2 nitrogen and oxygen atoms in total. The van der Waals surface area contributed by atoms with Crippen molar-refractivity contribution >= 4 is 13.5 Å². The van der Waals surface area contributed by atoms with Crippen molar-refractivity contribution in [3.8, 4) is 0 Å². The first kappa shape index (κ1) is 16.7. The van der Waals surface area contributed by atoms with E-state index in [4.69, 9.17) is 0 Å². The van der Waals surface area contributed by atoms with Crippen molar-refractivity contribution in [3.63, 3.8) is 0 Å². The highest BCUT2D eigenvalue weighted by molar-refractivity contribution is 7.59. The van der Waals surface area contributed by atoms with Gasteiger partial charge in [-0.15, -0.1) is 0 Å². The molecule has 88 valence electrons. The standard InChI is InChI=1S/C9H20N2.C2H6.H2S/c1-4-9-8-10(2)6-5-7-11(9)3;1-2;/h9H,4-8H2,1-3H3;1-2H3;1H2/t9-;;/m1../s1. The van der Waals surface area contributed by atoms with E-state index in [0.29, 0.717) is 0 Å². The summed E-state index contributed by atoms with van der Waals surface area (Å²) in [4.78, 5) is 4.93. The van der Waals surface area contributed by atoms with Gasteiger partial charge in [0.1, 0.15) is 0 Å². The smallest absolute Gasteiger partial charge is 0.0217 e. The Kier molecular flexibility index (Phi) is 11.7. The maximum Gasteiger partial charge on any atom is 0.0217 e. The van der Waals surface area contributed by atoms with E-state index in [-0.39, 0.29) is 13.5 Å². The Labute approximate surface area is 97.1 Å². The fraction of sp³-hybridized carbons (Fsp3) is 1.00. The molecule has 0 radical (unpaired) electrons. The molecule has 0 bridgehead atoms. The van der Waals surface area contributed by atoms with E-state index in [9.17, 15) is 0 Å². The SMILES string of the molecule is CC.CC[C@@H]1CN(C)CCCN1C.S. The zero-order valence-electron chi connectivity index (χ0n) is 10.5. The molecule has 1 atom stereocenters. The molecule has 1 fully saturated rings. The topological polar surface area (TPSA) is 6.48 Å². The van der Waals surface area contributed by atoms with E-state index in [2.05, 4.69) is 30.8 Å². The van der Waals surface area contributed by atoms with E-state index < -0.39 is 0 Å². The maximum atomic E-state index is 2.49. The summed E-state index contributed by atoms with van der Waals surface area (Å²) in [6.07, 6.45) is 2.60. The highest BCUT2D eigenvalue weighted by Crippen LogP contribution is 2.08. The van der Waals surface area contributed by atoms with Crippen molar-refractivity contribution in [3.05, 3.63) is 0 Å². The van der Waals surface area contributed by atoms with Crippen LogP contribution in [-0.2, 0) is 0 Å². The van der Waals surface area contributed by atoms with E-state index in [1.807, 2.05) is 13.8 Å². The van der Waals surface area contributed by atoms with Gasteiger partial charge >= 0.3 is 0 Å². The molecular weight excluding hydrogens is 192 g/mol. The van der Waals surface area contributed by atoms with E-state index in [0.717, 1.165) is 6.04 Å². The molecule has 1 rings (SSSR count). The predicted octanol–water partition coefficient (Wildman–Crippen LogP) is 2.17.